The highest BCUT2D eigenvalue weighted by Gasteiger charge is 2.03. The van der Waals surface area contributed by atoms with Crippen LogP contribution in [0.5, 0.6) is 0 Å². The Bertz CT molecular complexity index is 526. The number of benzene rings is 1. The standard InChI is InChI=1S/C15H17NO6/c1-20-13(17)7-8-14(18)21-10-9-16-15(19)22-11-12-5-3-2-4-6-12/h2-8H,9-11H2,1H3,(H,16,19). The molecule has 1 aromatic carbocycles. The van der Waals surface area contributed by atoms with Crippen molar-refractivity contribution >= 4 is 18.0 Å². The molecule has 22 heavy (non-hydrogen) atoms. The van der Waals surface area contributed by atoms with Crippen LogP contribution in [-0.2, 0) is 30.4 Å². The molecule has 0 aliphatic heterocycles. The van der Waals surface area contributed by atoms with Crippen LogP contribution in [0.1, 0.15) is 5.56 Å². The quantitative estimate of drug-likeness (QED) is 0.352. The molecule has 0 spiro atoms. The lowest BCUT2D eigenvalue weighted by Gasteiger charge is -2.07. The monoisotopic (exact) mass is 307 g/mol. The van der Waals surface area contributed by atoms with Gasteiger partial charge in [-0.15, -0.1) is 0 Å². The SMILES string of the molecule is COC(=O)C=CC(=O)OCCNC(=O)OCc1ccccc1. The summed E-state index contributed by atoms with van der Waals surface area (Å²) in [5.41, 5.74) is 0.872. The summed E-state index contributed by atoms with van der Waals surface area (Å²) in [7, 11) is 1.20. The molecule has 0 saturated heterocycles. The lowest BCUT2D eigenvalue weighted by molar-refractivity contribution is -0.139. The molecule has 1 N–H and O–H groups in total. The predicted molar refractivity (Wildman–Crippen MR) is 76.7 cm³/mol. The number of amides is 1. The normalized spacial score (nSPS) is 10.0. The molecular formula is C15H17NO6. The smallest absolute Gasteiger partial charge is 0.407 e. The van der Waals surface area contributed by atoms with Gasteiger partial charge in [0.2, 0.25) is 0 Å². The zero-order chi connectivity index (χ0) is 16.2. The van der Waals surface area contributed by atoms with E-state index in [2.05, 4.69) is 10.1 Å². The minimum Gasteiger partial charge on any atom is -0.466 e. The van der Waals surface area contributed by atoms with E-state index in [9.17, 15) is 14.4 Å². The van der Waals surface area contributed by atoms with Gasteiger partial charge in [0.15, 0.2) is 0 Å². The zero-order valence-electron chi connectivity index (χ0n) is 12.1. The molecule has 7 heteroatoms. The van der Waals surface area contributed by atoms with Crippen LogP contribution >= 0.6 is 0 Å². The Kier molecular flexibility index (Phi) is 7.81. The van der Waals surface area contributed by atoms with Crippen molar-refractivity contribution in [3.8, 4) is 0 Å². The minimum absolute atomic E-state index is 0.0369. The molecular weight excluding hydrogens is 290 g/mol. The number of hydrogen-bond donors (Lipinski definition) is 1. The van der Waals surface area contributed by atoms with E-state index in [1.165, 1.54) is 7.11 Å². The molecule has 0 aromatic heterocycles. The number of carbonyl (C=O) groups is 3. The number of carbonyl (C=O) groups excluding carboxylic acids is 3. The van der Waals surface area contributed by atoms with Crippen molar-refractivity contribution in [3.63, 3.8) is 0 Å². The van der Waals surface area contributed by atoms with E-state index in [1.807, 2.05) is 30.3 Å². The van der Waals surface area contributed by atoms with Crippen LogP contribution in [0.2, 0.25) is 0 Å². The van der Waals surface area contributed by atoms with Gasteiger partial charge in [0.05, 0.1) is 13.7 Å². The summed E-state index contributed by atoms with van der Waals surface area (Å²) in [6, 6.07) is 9.23. The van der Waals surface area contributed by atoms with Gasteiger partial charge >= 0.3 is 18.0 Å². The van der Waals surface area contributed by atoms with Crippen molar-refractivity contribution < 1.29 is 28.6 Å². The second kappa shape index (κ2) is 9.98. The second-order valence-corrected chi connectivity index (χ2v) is 4.01. The van der Waals surface area contributed by atoms with Gasteiger partial charge in [-0.05, 0) is 5.56 Å². The summed E-state index contributed by atoms with van der Waals surface area (Å²) >= 11 is 0. The van der Waals surface area contributed by atoms with E-state index in [0.717, 1.165) is 17.7 Å². The average Bonchev–Trinajstić information content (AvgIpc) is 2.55. The fraction of sp³-hybridized carbons (Fsp3) is 0.267. The highest BCUT2D eigenvalue weighted by Crippen LogP contribution is 2.00. The van der Waals surface area contributed by atoms with Crippen LogP contribution in [0.15, 0.2) is 42.5 Å². The lowest BCUT2D eigenvalue weighted by atomic mass is 10.2. The van der Waals surface area contributed by atoms with E-state index < -0.39 is 18.0 Å². The van der Waals surface area contributed by atoms with Gasteiger partial charge in [-0.25, -0.2) is 14.4 Å². The average molecular weight is 307 g/mol. The van der Waals surface area contributed by atoms with E-state index in [-0.39, 0.29) is 19.8 Å². The van der Waals surface area contributed by atoms with Gasteiger partial charge in [0.1, 0.15) is 13.2 Å². The van der Waals surface area contributed by atoms with Gasteiger partial charge in [0.25, 0.3) is 0 Å². The van der Waals surface area contributed by atoms with Crippen molar-refractivity contribution in [3.05, 3.63) is 48.0 Å². The van der Waals surface area contributed by atoms with E-state index in [0.29, 0.717) is 0 Å². The molecule has 0 atom stereocenters. The zero-order valence-corrected chi connectivity index (χ0v) is 12.1. The Morgan fingerprint density at radius 3 is 2.41 bits per heavy atom. The highest BCUT2D eigenvalue weighted by atomic mass is 16.6. The summed E-state index contributed by atoms with van der Waals surface area (Å²) in [6.45, 7) is 0.227. The third-order valence-corrected chi connectivity index (χ3v) is 2.39. The molecule has 0 saturated carbocycles. The number of hydrogen-bond acceptors (Lipinski definition) is 6. The highest BCUT2D eigenvalue weighted by molar-refractivity contribution is 5.91. The first-order valence-corrected chi connectivity index (χ1v) is 6.49. The Labute approximate surface area is 127 Å². The Morgan fingerprint density at radius 1 is 1.05 bits per heavy atom. The maximum absolute atomic E-state index is 11.4. The number of rotatable bonds is 7. The van der Waals surface area contributed by atoms with E-state index in [1.54, 1.807) is 0 Å². The van der Waals surface area contributed by atoms with Crippen LogP contribution in [0.25, 0.3) is 0 Å². The first-order valence-electron chi connectivity index (χ1n) is 6.49. The molecule has 0 heterocycles. The fourth-order valence-electron chi connectivity index (χ4n) is 1.33. The van der Waals surface area contributed by atoms with Crippen molar-refractivity contribution in [2.45, 2.75) is 6.61 Å². The second-order valence-electron chi connectivity index (χ2n) is 4.01. The van der Waals surface area contributed by atoms with Crippen LogP contribution in [-0.4, -0.2) is 38.3 Å². The Balaban J connectivity index is 2.11. The minimum atomic E-state index is -0.704. The molecule has 0 radical (unpaired) electrons. The summed E-state index contributed by atoms with van der Waals surface area (Å²) in [6.07, 6.45) is 1.29. The van der Waals surface area contributed by atoms with E-state index in [4.69, 9.17) is 9.47 Å². The Morgan fingerprint density at radius 2 is 1.73 bits per heavy atom. The topological polar surface area (TPSA) is 90.9 Å². The van der Waals surface area contributed by atoms with Crippen molar-refractivity contribution in [1.29, 1.82) is 0 Å². The molecule has 0 fully saturated rings. The maximum atomic E-state index is 11.4. The molecule has 1 aromatic rings. The molecule has 0 aliphatic rings. The summed E-state index contributed by atoms with van der Waals surface area (Å²) in [5.74, 6) is -1.36. The molecule has 7 nitrogen and oxygen atoms in total. The van der Waals surface area contributed by atoms with Crippen molar-refractivity contribution in [2.24, 2.45) is 0 Å². The third kappa shape index (κ3) is 7.68. The first-order chi connectivity index (χ1) is 10.6. The first kappa shape index (κ1) is 17.2. The van der Waals surface area contributed by atoms with Crippen LogP contribution in [0, 0.1) is 0 Å². The maximum Gasteiger partial charge on any atom is 0.407 e. The van der Waals surface area contributed by atoms with Gasteiger partial charge in [-0.2, -0.15) is 0 Å². The predicted octanol–water partition coefficient (Wildman–Crippen LogP) is 1.19. The van der Waals surface area contributed by atoms with E-state index >= 15 is 0 Å². The van der Waals surface area contributed by atoms with Gasteiger partial charge in [-0.3, -0.25) is 0 Å². The van der Waals surface area contributed by atoms with Crippen molar-refractivity contribution in [1.82, 2.24) is 5.32 Å². The number of ether oxygens (including phenoxy) is 3. The number of nitrogens with one attached hydrogen (secondary N) is 1. The number of methoxy groups -OCH3 is 1. The third-order valence-electron chi connectivity index (χ3n) is 2.39. The largest absolute Gasteiger partial charge is 0.466 e. The van der Waals surface area contributed by atoms with Gasteiger partial charge < -0.3 is 19.5 Å². The number of esters is 2. The van der Waals surface area contributed by atoms with Crippen LogP contribution in [0.3, 0.4) is 0 Å². The summed E-state index contributed by atoms with van der Waals surface area (Å²) in [5, 5.41) is 2.43. The summed E-state index contributed by atoms with van der Waals surface area (Å²) in [4.78, 5) is 33.3. The van der Waals surface area contributed by atoms with Gasteiger partial charge in [0, 0.05) is 12.2 Å². The molecule has 0 aliphatic carbocycles. The molecule has 0 bridgehead atoms. The van der Waals surface area contributed by atoms with Crippen LogP contribution in [0.4, 0.5) is 4.79 Å². The Hall–Kier alpha value is -2.83. The molecule has 1 amide bonds. The lowest BCUT2D eigenvalue weighted by Crippen LogP contribution is -2.28. The van der Waals surface area contributed by atoms with Crippen molar-refractivity contribution in [2.75, 3.05) is 20.3 Å². The molecule has 0 unspecified atom stereocenters. The summed E-state index contributed by atoms with van der Waals surface area (Å²) < 4.78 is 14.0. The molecule has 118 valence electrons. The van der Waals surface area contributed by atoms with Crippen LogP contribution < -0.4 is 5.32 Å². The number of alkyl carbamates (subject to hydrolysis) is 1. The van der Waals surface area contributed by atoms with Gasteiger partial charge in [-0.1, -0.05) is 30.3 Å². The molecule has 1 rings (SSSR count). The fourth-order valence-corrected chi connectivity index (χ4v) is 1.33.